The molecule has 0 aliphatic carbocycles. The molecule has 1 aliphatic heterocycles. The fourth-order valence-corrected chi connectivity index (χ4v) is 5.71. The Balaban J connectivity index is 1.70. The molecule has 169 valence electrons. The van der Waals surface area contributed by atoms with Gasteiger partial charge >= 0.3 is 0 Å². The van der Waals surface area contributed by atoms with Crippen molar-refractivity contribution in [3.63, 3.8) is 0 Å². The van der Waals surface area contributed by atoms with Crippen LogP contribution in [-0.2, 0) is 16.8 Å². The third kappa shape index (κ3) is 3.12. The number of ketones is 1. The molecule has 35 heavy (non-hydrogen) atoms. The number of hydrogen-bond acceptors (Lipinski definition) is 2. The number of para-hydroxylation sites is 1. The second-order valence-corrected chi connectivity index (χ2v) is 9.18. The van der Waals surface area contributed by atoms with Crippen molar-refractivity contribution in [1.82, 2.24) is 4.57 Å². The van der Waals surface area contributed by atoms with Gasteiger partial charge < -0.3 is 9.36 Å². The molecule has 0 N–H and O–H groups in total. The van der Waals surface area contributed by atoms with Gasteiger partial charge in [0.1, 0.15) is 6.29 Å². The lowest BCUT2D eigenvalue weighted by Crippen LogP contribution is -2.43. The summed E-state index contributed by atoms with van der Waals surface area (Å²) in [6.07, 6.45) is 0.985. The summed E-state index contributed by atoms with van der Waals surface area (Å²) in [5, 5.41) is 1.13. The maximum Gasteiger partial charge on any atom is 0.175 e. The average molecular weight is 455 g/mol. The Morgan fingerprint density at radius 1 is 0.857 bits per heavy atom. The minimum atomic E-state index is -1.02. The monoisotopic (exact) mass is 454 g/mol. The highest BCUT2D eigenvalue weighted by molar-refractivity contribution is 6.11. The van der Waals surface area contributed by atoms with E-state index in [1.165, 1.54) is 0 Å². The van der Waals surface area contributed by atoms with Crippen LogP contribution in [-0.4, -0.2) is 16.6 Å². The van der Waals surface area contributed by atoms with E-state index in [-0.39, 0.29) is 12.2 Å². The summed E-state index contributed by atoms with van der Waals surface area (Å²) < 4.78 is 2.24. The van der Waals surface area contributed by atoms with Gasteiger partial charge in [0, 0.05) is 40.6 Å². The van der Waals surface area contributed by atoms with Crippen molar-refractivity contribution in [3.05, 3.63) is 127 Å². The highest BCUT2D eigenvalue weighted by Gasteiger charge is 2.46. The standard InChI is InChI=1S/C32H24NO2/c1-22-11-5-6-14-24(22)31(35)32(19-20-34)21-33-28-18-10-8-16-26(28)29(23-12-3-2-4-13-23)30(33)25-15-7-9-17-27(25)32/h2-18,20H,1,19,21H2. The van der Waals surface area contributed by atoms with Gasteiger partial charge in [-0.05, 0) is 29.7 Å². The van der Waals surface area contributed by atoms with Gasteiger partial charge in [-0.3, -0.25) is 4.79 Å². The van der Waals surface area contributed by atoms with E-state index < -0.39 is 5.41 Å². The molecule has 6 rings (SSSR count). The topological polar surface area (TPSA) is 39.1 Å². The van der Waals surface area contributed by atoms with Gasteiger partial charge in [0.25, 0.3) is 0 Å². The normalized spacial score (nSPS) is 16.5. The van der Waals surface area contributed by atoms with E-state index in [0.717, 1.165) is 45.1 Å². The first-order valence-corrected chi connectivity index (χ1v) is 11.8. The Labute approximate surface area is 204 Å². The molecule has 0 amide bonds. The summed E-state index contributed by atoms with van der Waals surface area (Å²) in [5.41, 5.74) is 6.53. The number of aromatic nitrogens is 1. The minimum absolute atomic E-state index is 0.0626. The molecule has 2 heterocycles. The van der Waals surface area contributed by atoms with Crippen LogP contribution in [0.15, 0.2) is 103 Å². The molecule has 1 atom stereocenters. The predicted molar refractivity (Wildman–Crippen MR) is 140 cm³/mol. The average Bonchev–Trinajstić information content (AvgIpc) is 3.23. The molecule has 3 nitrogen and oxygen atoms in total. The van der Waals surface area contributed by atoms with Crippen LogP contribution in [0.1, 0.15) is 27.9 Å². The summed E-state index contributed by atoms with van der Waals surface area (Å²) in [7, 11) is 0. The molecular weight excluding hydrogens is 430 g/mol. The molecule has 1 aliphatic rings. The lowest BCUT2D eigenvalue weighted by atomic mass is 9.68. The smallest absolute Gasteiger partial charge is 0.175 e. The van der Waals surface area contributed by atoms with Crippen molar-refractivity contribution in [2.75, 3.05) is 0 Å². The zero-order valence-corrected chi connectivity index (χ0v) is 19.3. The second kappa shape index (κ2) is 8.21. The van der Waals surface area contributed by atoms with E-state index in [4.69, 9.17) is 0 Å². The summed E-state index contributed by atoms with van der Waals surface area (Å²) in [6.45, 7) is 4.49. The summed E-state index contributed by atoms with van der Waals surface area (Å²) in [4.78, 5) is 26.4. The van der Waals surface area contributed by atoms with Crippen LogP contribution in [0.25, 0.3) is 33.3 Å². The number of Topliss-reactive ketones (excluding diaryl/α,β-unsaturated/α-hetero) is 1. The van der Waals surface area contributed by atoms with E-state index >= 15 is 0 Å². The van der Waals surface area contributed by atoms with Gasteiger partial charge in [-0.2, -0.15) is 0 Å². The van der Waals surface area contributed by atoms with Gasteiger partial charge in [0.2, 0.25) is 0 Å². The van der Waals surface area contributed by atoms with Crippen molar-refractivity contribution in [2.24, 2.45) is 0 Å². The van der Waals surface area contributed by atoms with Gasteiger partial charge in [0.05, 0.1) is 11.1 Å². The number of aldehydes is 1. The van der Waals surface area contributed by atoms with Crippen LogP contribution < -0.4 is 0 Å². The maximum absolute atomic E-state index is 14.3. The zero-order valence-electron chi connectivity index (χ0n) is 19.3. The van der Waals surface area contributed by atoms with Crippen LogP contribution in [0.2, 0.25) is 0 Å². The SMILES string of the molecule is [CH2]c1ccccc1C(=O)C1(CC=O)Cn2c(c(-c3ccccc3)c3ccccc32)-c2ccccc21. The van der Waals surface area contributed by atoms with Crippen molar-refractivity contribution in [2.45, 2.75) is 18.4 Å². The third-order valence-electron chi connectivity index (χ3n) is 7.29. The Morgan fingerprint density at radius 2 is 1.54 bits per heavy atom. The lowest BCUT2D eigenvalue weighted by molar-refractivity contribution is -0.108. The van der Waals surface area contributed by atoms with Crippen LogP contribution in [0.3, 0.4) is 0 Å². The molecule has 1 unspecified atom stereocenters. The molecule has 0 fully saturated rings. The van der Waals surface area contributed by atoms with E-state index in [9.17, 15) is 9.59 Å². The molecule has 5 aromatic rings. The lowest BCUT2D eigenvalue weighted by Gasteiger charge is -2.39. The zero-order chi connectivity index (χ0) is 24.0. The first-order chi connectivity index (χ1) is 17.2. The number of fused-ring (bicyclic) bond motifs is 5. The van der Waals surface area contributed by atoms with Crippen molar-refractivity contribution < 1.29 is 9.59 Å². The van der Waals surface area contributed by atoms with E-state index in [1.807, 2.05) is 66.7 Å². The molecule has 1 radical (unpaired) electrons. The van der Waals surface area contributed by atoms with Crippen LogP contribution in [0.5, 0.6) is 0 Å². The molecular formula is C32H24NO2. The Bertz CT molecular complexity index is 1600. The Hall–Kier alpha value is -4.24. The summed E-state index contributed by atoms with van der Waals surface area (Å²) >= 11 is 0. The number of carbonyl (C=O) groups excluding carboxylic acids is 2. The molecule has 1 aromatic heterocycles. The quantitative estimate of drug-likeness (QED) is 0.214. The fraction of sp³-hybridized carbons (Fsp3) is 0.0938. The number of nitrogens with zero attached hydrogens (tertiary/aromatic N) is 1. The maximum atomic E-state index is 14.3. The fourth-order valence-electron chi connectivity index (χ4n) is 5.71. The molecule has 0 spiro atoms. The first-order valence-electron chi connectivity index (χ1n) is 11.8. The van der Waals surface area contributed by atoms with Crippen LogP contribution in [0, 0.1) is 6.92 Å². The van der Waals surface area contributed by atoms with Crippen LogP contribution in [0.4, 0.5) is 0 Å². The minimum Gasteiger partial charge on any atom is -0.339 e. The van der Waals surface area contributed by atoms with Gasteiger partial charge in [0.15, 0.2) is 5.78 Å². The highest BCUT2D eigenvalue weighted by Crippen LogP contribution is 2.50. The van der Waals surface area contributed by atoms with Crippen molar-refractivity contribution in [3.8, 4) is 22.4 Å². The molecule has 0 saturated heterocycles. The summed E-state index contributed by atoms with van der Waals surface area (Å²) in [5.74, 6) is -0.0626. The van der Waals surface area contributed by atoms with Crippen molar-refractivity contribution >= 4 is 23.0 Å². The summed E-state index contributed by atoms with van der Waals surface area (Å²) in [6, 6.07) is 34.2. The first kappa shape index (κ1) is 21.3. The number of hydrogen-bond donors (Lipinski definition) is 0. The van der Waals surface area contributed by atoms with Crippen LogP contribution >= 0.6 is 0 Å². The molecule has 0 saturated carbocycles. The molecule has 3 heteroatoms. The third-order valence-corrected chi connectivity index (χ3v) is 7.29. The van der Waals surface area contributed by atoms with Gasteiger partial charge in [-0.1, -0.05) is 97.1 Å². The second-order valence-electron chi connectivity index (χ2n) is 9.18. The van der Waals surface area contributed by atoms with Crippen molar-refractivity contribution in [1.29, 1.82) is 0 Å². The Morgan fingerprint density at radius 3 is 2.34 bits per heavy atom. The van der Waals surface area contributed by atoms with E-state index in [2.05, 4.69) is 47.9 Å². The number of carbonyl (C=O) groups is 2. The highest BCUT2D eigenvalue weighted by atomic mass is 16.1. The molecule has 0 bridgehead atoms. The largest absolute Gasteiger partial charge is 0.339 e. The van der Waals surface area contributed by atoms with E-state index in [1.54, 1.807) is 0 Å². The number of rotatable bonds is 5. The van der Waals surface area contributed by atoms with E-state index in [0.29, 0.717) is 17.7 Å². The Kier molecular flexibility index (Phi) is 5.00. The van der Waals surface area contributed by atoms with Gasteiger partial charge in [-0.15, -0.1) is 0 Å². The predicted octanol–water partition coefficient (Wildman–Crippen LogP) is 6.88. The number of benzene rings is 4. The van der Waals surface area contributed by atoms with Gasteiger partial charge in [-0.25, -0.2) is 0 Å². The molecule has 4 aromatic carbocycles.